The van der Waals surface area contributed by atoms with E-state index in [-0.39, 0.29) is 31.0 Å². The highest BCUT2D eigenvalue weighted by Crippen LogP contribution is 2.25. The second-order valence-electron chi connectivity index (χ2n) is 10.1. The summed E-state index contributed by atoms with van der Waals surface area (Å²) >= 11 is 12.6. The molecule has 7 heteroatoms. The monoisotopic (exact) mass is 552 g/mol. The molecule has 38 heavy (non-hydrogen) atoms. The van der Waals surface area contributed by atoms with Gasteiger partial charge in [0.1, 0.15) is 11.8 Å². The minimum absolute atomic E-state index is 0.128. The van der Waals surface area contributed by atoms with Crippen molar-refractivity contribution in [2.24, 2.45) is 0 Å². The Morgan fingerprint density at radius 3 is 2.32 bits per heavy atom. The van der Waals surface area contributed by atoms with Crippen LogP contribution in [-0.4, -0.2) is 35.4 Å². The summed E-state index contributed by atoms with van der Waals surface area (Å²) in [7, 11) is 0. The van der Waals surface area contributed by atoms with Crippen LogP contribution in [0.1, 0.15) is 47.9 Å². The molecule has 3 aromatic carbocycles. The van der Waals surface area contributed by atoms with Crippen molar-refractivity contribution >= 4 is 35.0 Å². The minimum Gasteiger partial charge on any atom is -0.484 e. The Hall–Kier alpha value is -3.02. The summed E-state index contributed by atoms with van der Waals surface area (Å²) in [4.78, 5) is 29.1. The van der Waals surface area contributed by atoms with Crippen molar-refractivity contribution in [3.63, 3.8) is 0 Å². The lowest BCUT2D eigenvalue weighted by atomic mass is 10.0. The number of aryl methyl sites for hydroxylation is 2. The van der Waals surface area contributed by atoms with Crippen LogP contribution in [0, 0.1) is 13.8 Å². The summed E-state index contributed by atoms with van der Waals surface area (Å²) in [5.74, 6) is 0.165. The van der Waals surface area contributed by atoms with Crippen LogP contribution in [0.4, 0.5) is 0 Å². The lowest BCUT2D eigenvalue weighted by Crippen LogP contribution is -2.53. The van der Waals surface area contributed by atoms with E-state index in [9.17, 15) is 9.59 Å². The number of amides is 2. The zero-order valence-corrected chi connectivity index (χ0v) is 23.4. The Balaban J connectivity index is 1.64. The Morgan fingerprint density at radius 2 is 1.66 bits per heavy atom. The van der Waals surface area contributed by atoms with Crippen LogP contribution in [0.3, 0.4) is 0 Å². The van der Waals surface area contributed by atoms with Crippen molar-refractivity contribution in [3.8, 4) is 5.75 Å². The molecular weight excluding hydrogens is 519 g/mol. The number of hydrogen-bond acceptors (Lipinski definition) is 3. The van der Waals surface area contributed by atoms with Crippen molar-refractivity contribution in [2.45, 2.75) is 64.6 Å². The first-order valence-corrected chi connectivity index (χ1v) is 13.8. The maximum absolute atomic E-state index is 13.8. The molecular formula is C31H34Cl2N2O3. The largest absolute Gasteiger partial charge is 0.484 e. The molecule has 1 saturated carbocycles. The summed E-state index contributed by atoms with van der Waals surface area (Å²) in [6, 6.07) is 20.2. The third-order valence-electron chi connectivity index (χ3n) is 6.89. The highest BCUT2D eigenvalue weighted by atomic mass is 35.5. The predicted octanol–water partition coefficient (Wildman–Crippen LogP) is 6.69. The Labute approximate surface area is 235 Å². The molecule has 0 spiro atoms. The topological polar surface area (TPSA) is 58.6 Å². The van der Waals surface area contributed by atoms with Gasteiger partial charge in [-0.2, -0.15) is 0 Å². The standard InChI is InChI=1S/C31H34Cl2N2O3/c1-21-14-22(2)16-27(15-21)38-20-30(36)35(19-24-12-13-25(32)18-28(24)33)29(17-23-8-4-3-5-9-23)31(37)34-26-10-6-7-11-26/h3-5,8-9,12-16,18,26,29H,6-7,10-11,17,19-20H2,1-2H3,(H,34,37). The summed E-state index contributed by atoms with van der Waals surface area (Å²) in [5, 5.41) is 4.16. The average Bonchev–Trinajstić information content (AvgIpc) is 3.39. The van der Waals surface area contributed by atoms with E-state index in [1.165, 1.54) is 0 Å². The first kappa shape index (κ1) is 28.0. The molecule has 2 amide bonds. The van der Waals surface area contributed by atoms with Gasteiger partial charge in [0, 0.05) is 29.1 Å². The molecule has 0 aliphatic heterocycles. The molecule has 0 saturated heterocycles. The summed E-state index contributed by atoms with van der Waals surface area (Å²) < 4.78 is 5.93. The fourth-order valence-electron chi connectivity index (χ4n) is 5.00. The van der Waals surface area contributed by atoms with Crippen LogP contribution < -0.4 is 10.1 Å². The Bertz CT molecular complexity index is 1240. The van der Waals surface area contributed by atoms with Crippen LogP contribution in [0.25, 0.3) is 0 Å². The molecule has 1 unspecified atom stereocenters. The van der Waals surface area contributed by atoms with Crippen molar-refractivity contribution in [1.82, 2.24) is 10.2 Å². The number of hydrogen-bond donors (Lipinski definition) is 1. The van der Waals surface area contributed by atoms with Gasteiger partial charge in [-0.05, 0) is 73.2 Å². The number of nitrogens with zero attached hydrogens (tertiary/aromatic N) is 1. The quantitative estimate of drug-likeness (QED) is 0.305. The van der Waals surface area contributed by atoms with Crippen molar-refractivity contribution in [2.75, 3.05) is 6.61 Å². The lowest BCUT2D eigenvalue weighted by Gasteiger charge is -2.32. The van der Waals surface area contributed by atoms with Gasteiger partial charge in [-0.3, -0.25) is 9.59 Å². The van der Waals surface area contributed by atoms with Crippen LogP contribution >= 0.6 is 23.2 Å². The van der Waals surface area contributed by atoms with E-state index >= 15 is 0 Å². The van der Waals surface area contributed by atoms with E-state index in [0.29, 0.717) is 27.8 Å². The third kappa shape index (κ3) is 7.75. The molecule has 4 rings (SSSR count). The molecule has 5 nitrogen and oxygen atoms in total. The first-order valence-electron chi connectivity index (χ1n) is 13.1. The summed E-state index contributed by atoms with van der Waals surface area (Å²) in [6.45, 7) is 3.93. The molecule has 1 fully saturated rings. The molecule has 3 aromatic rings. The molecule has 1 atom stereocenters. The Morgan fingerprint density at radius 1 is 0.974 bits per heavy atom. The average molecular weight is 554 g/mol. The van der Waals surface area contributed by atoms with Gasteiger partial charge >= 0.3 is 0 Å². The lowest BCUT2D eigenvalue weighted by molar-refractivity contribution is -0.143. The zero-order valence-electron chi connectivity index (χ0n) is 21.9. The van der Waals surface area contributed by atoms with Gasteiger partial charge in [0.05, 0.1) is 0 Å². The highest BCUT2D eigenvalue weighted by Gasteiger charge is 2.32. The second-order valence-corrected chi connectivity index (χ2v) is 10.9. The van der Waals surface area contributed by atoms with Crippen LogP contribution in [0.5, 0.6) is 5.75 Å². The summed E-state index contributed by atoms with van der Waals surface area (Å²) in [6.07, 6.45) is 4.48. The fourth-order valence-corrected chi connectivity index (χ4v) is 5.47. The number of halogens is 2. The van der Waals surface area contributed by atoms with Gasteiger partial charge in [-0.1, -0.05) is 78.5 Å². The van der Waals surface area contributed by atoms with E-state index in [4.69, 9.17) is 27.9 Å². The molecule has 0 aromatic heterocycles. The van der Waals surface area contributed by atoms with Crippen molar-refractivity contribution in [1.29, 1.82) is 0 Å². The smallest absolute Gasteiger partial charge is 0.261 e. The SMILES string of the molecule is Cc1cc(C)cc(OCC(=O)N(Cc2ccc(Cl)cc2Cl)C(Cc2ccccc2)C(=O)NC2CCCC2)c1. The number of nitrogens with one attached hydrogen (secondary N) is 1. The third-order valence-corrected chi connectivity index (χ3v) is 7.47. The van der Waals surface area contributed by atoms with E-state index in [2.05, 4.69) is 5.32 Å². The fraction of sp³-hybridized carbons (Fsp3) is 0.355. The molecule has 0 bridgehead atoms. The van der Waals surface area contributed by atoms with Gasteiger partial charge in [0.2, 0.25) is 5.91 Å². The van der Waals surface area contributed by atoms with Crippen molar-refractivity contribution in [3.05, 3.63) is 99.0 Å². The minimum atomic E-state index is -0.736. The van der Waals surface area contributed by atoms with E-state index < -0.39 is 6.04 Å². The number of ether oxygens (including phenoxy) is 1. The van der Waals surface area contributed by atoms with Gasteiger partial charge in [0.25, 0.3) is 5.91 Å². The molecule has 1 aliphatic rings. The van der Waals surface area contributed by atoms with E-state index in [1.54, 1.807) is 23.1 Å². The molecule has 0 heterocycles. The van der Waals surface area contributed by atoms with Gasteiger partial charge in [-0.25, -0.2) is 0 Å². The summed E-state index contributed by atoms with van der Waals surface area (Å²) in [5.41, 5.74) is 3.78. The van der Waals surface area contributed by atoms with Crippen LogP contribution in [0.2, 0.25) is 10.0 Å². The van der Waals surface area contributed by atoms with E-state index in [1.807, 2.05) is 62.4 Å². The van der Waals surface area contributed by atoms with Gasteiger partial charge in [0.15, 0.2) is 6.61 Å². The van der Waals surface area contributed by atoms with Crippen molar-refractivity contribution < 1.29 is 14.3 Å². The van der Waals surface area contributed by atoms with Crippen LogP contribution in [-0.2, 0) is 22.6 Å². The predicted molar refractivity (Wildman–Crippen MR) is 153 cm³/mol. The number of carbonyl (C=O) groups is 2. The highest BCUT2D eigenvalue weighted by molar-refractivity contribution is 6.35. The maximum Gasteiger partial charge on any atom is 0.261 e. The maximum atomic E-state index is 13.8. The van der Waals surface area contributed by atoms with Gasteiger partial charge in [-0.15, -0.1) is 0 Å². The first-order chi connectivity index (χ1) is 18.3. The molecule has 1 N–H and O–H groups in total. The molecule has 200 valence electrons. The molecule has 0 radical (unpaired) electrons. The number of rotatable bonds is 10. The van der Waals surface area contributed by atoms with Crippen LogP contribution in [0.15, 0.2) is 66.7 Å². The Kier molecular flexibility index (Phi) is 9.70. The number of benzene rings is 3. The normalized spacial score (nSPS) is 14.2. The van der Waals surface area contributed by atoms with E-state index in [0.717, 1.165) is 42.4 Å². The zero-order chi connectivity index (χ0) is 27.1. The molecule has 1 aliphatic carbocycles. The number of carbonyl (C=O) groups excluding carboxylic acids is 2. The van der Waals surface area contributed by atoms with Gasteiger partial charge < -0.3 is 15.0 Å². The second kappa shape index (κ2) is 13.2.